The highest BCUT2D eigenvalue weighted by Crippen LogP contribution is 2.55. The standard InChI is InChI=1S/C7H11N/c1-4-2-6-5(1)3-8-7(4)6/h4-8H,1-3H2. The van der Waals surface area contributed by atoms with Crippen molar-refractivity contribution in [3.05, 3.63) is 0 Å². The quantitative estimate of drug-likeness (QED) is 0.480. The lowest BCUT2D eigenvalue weighted by Gasteiger charge is -2.32. The van der Waals surface area contributed by atoms with E-state index in [4.69, 9.17) is 0 Å². The topological polar surface area (TPSA) is 12.0 Å². The summed E-state index contributed by atoms with van der Waals surface area (Å²) in [4.78, 5) is 0. The van der Waals surface area contributed by atoms with E-state index in [0.717, 1.165) is 23.8 Å². The summed E-state index contributed by atoms with van der Waals surface area (Å²) in [6.07, 6.45) is 3.12. The van der Waals surface area contributed by atoms with E-state index in [1.165, 1.54) is 6.54 Å². The molecule has 4 aliphatic rings. The molecule has 0 spiro atoms. The van der Waals surface area contributed by atoms with Crippen molar-refractivity contribution in [3.8, 4) is 0 Å². The Kier molecular flexibility index (Phi) is 0.472. The first-order valence-corrected chi connectivity index (χ1v) is 3.68. The average Bonchev–Trinajstić information content (AvgIpc) is 2.25. The van der Waals surface area contributed by atoms with E-state index < -0.39 is 0 Å². The fourth-order valence-corrected chi connectivity index (χ4v) is 2.93. The van der Waals surface area contributed by atoms with E-state index in [1.807, 2.05) is 0 Å². The maximum Gasteiger partial charge on any atom is 0.0127 e. The number of piperidine rings is 1. The molecule has 0 aromatic rings. The minimum Gasteiger partial charge on any atom is -0.313 e. The van der Waals surface area contributed by atoms with Crippen molar-refractivity contribution >= 4 is 0 Å². The Bertz CT molecular complexity index is 122. The maximum absolute atomic E-state index is 3.56. The van der Waals surface area contributed by atoms with Crippen LogP contribution in [0.4, 0.5) is 0 Å². The van der Waals surface area contributed by atoms with Crippen LogP contribution in [0, 0.1) is 17.8 Å². The van der Waals surface area contributed by atoms with Crippen molar-refractivity contribution in [1.82, 2.24) is 5.32 Å². The van der Waals surface area contributed by atoms with Gasteiger partial charge in [0.05, 0.1) is 0 Å². The summed E-state index contributed by atoms with van der Waals surface area (Å²) in [7, 11) is 0. The molecule has 0 aromatic carbocycles. The number of hydrogen-bond donors (Lipinski definition) is 1. The van der Waals surface area contributed by atoms with Crippen molar-refractivity contribution in [3.63, 3.8) is 0 Å². The second kappa shape index (κ2) is 0.971. The third-order valence-electron chi connectivity index (χ3n) is 3.37. The van der Waals surface area contributed by atoms with Gasteiger partial charge in [-0.3, -0.25) is 0 Å². The molecule has 0 amide bonds. The van der Waals surface area contributed by atoms with Gasteiger partial charge in [-0.05, 0) is 37.1 Å². The summed E-state index contributed by atoms with van der Waals surface area (Å²) >= 11 is 0. The number of nitrogens with one attached hydrogen (secondary N) is 1. The fourth-order valence-electron chi connectivity index (χ4n) is 2.93. The van der Waals surface area contributed by atoms with E-state index in [0.29, 0.717) is 0 Å². The van der Waals surface area contributed by atoms with Crippen molar-refractivity contribution in [2.24, 2.45) is 17.8 Å². The molecule has 0 radical (unpaired) electrons. The van der Waals surface area contributed by atoms with Gasteiger partial charge < -0.3 is 5.32 Å². The van der Waals surface area contributed by atoms with E-state index in [1.54, 1.807) is 12.8 Å². The molecule has 4 bridgehead atoms. The summed E-state index contributed by atoms with van der Waals surface area (Å²) in [6, 6.07) is 0.986. The van der Waals surface area contributed by atoms with Gasteiger partial charge in [0.25, 0.3) is 0 Å². The fraction of sp³-hybridized carbons (Fsp3) is 1.00. The molecule has 4 rings (SSSR count). The van der Waals surface area contributed by atoms with Crippen molar-refractivity contribution in [1.29, 1.82) is 0 Å². The van der Waals surface area contributed by atoms with Crippen LogP contribution in [0.15, 0.2) is 0 Å². The summed E-state index contributed by atoms with van der Waals surface area (Å²) in [5.41, 5.74) is 0. The third kappa shape index (κ3) is 0.235. The summed E-state index contributed by atoms with van der Waals surface area (Å²) in [6.45, 7) is 1.34. The van der Waals surface area contributed by atoms with E-state index in [-0.39, 0.29) is 0 Å². The molecule has 1 heterocycles. The lowest BCUT2D eigenvalue weighted by Crippen LogP contribution is -2.41. The summed E-state index contributed by atoms with van der Waals surface area (Å²) in [5.74, 6) is 3.34. The second-order valence-corrected chi connectivity index (χ2v) is 3.59. The van der Waals surface area contributed by atoms with Crippen LogP contribution in [-0.4, -0.2) is 12.6 Å². The molecular weight excluding hydrogens is 98.1 g/mol. The number of rotatable bonds is 0. The minimum absolute atomic E-state index is 0.986. The Morgan fingerprint density at radius 2 is 2.12 bits per heavy atom. The normalized spacial score (nSPS) is 66.0. The Morgan fingerprint density at radius 3 is 2.50 bits per heavy atom. The lowest BCUT2D eigenvalue weighted by atomic mass is 9.79. The van der Waals surface area contributed by atoms with Gasteiger partial charge in [-0.25, -0.2) is 0 Å². The molecule has 1 heteroatoms. The predicted molar refractivity (Wildman–Crippen MR) is 31.5 cm³/mol. The first-order valence-electron chi connectivity index (χ1n) is 3.68. The molecule has 1 N–H and O–H groups in total. The van der Waals surface area contributed by atoms with Crippen molar-refractivity contribution < 1.29 is 0 Å². The zero-order chi connectivity index (χ0) is 5.14. The Balaban J connectivity index is 2.06. The van der Waals surface area contributed by atoms with Crippen LogP contribution in [0.25, 0.3) is 0 Å². The second-order valence-electron chi connectivity index (χ2n) is 3.59. The smallest absolute Gasteiger partial charge is 0.0127 e. The Hall–Kier alpha value is -0.0400. The largest absolute Gasteiger partial charge is 0.313 e. The van der Waals surface area contributed by atoms with Crippen LogP contribution in [0.1, 0.15) is 12.8 Å². The van der Waals surface area contributed by atoms with Gasteiger partial charge in [-0.15, -0.1) is 0 Å². The van der Waals surface area contributed by atoms with Gasteiger partial charge in [0.2, 0.25) is 0 Å². The average molecular weight is 109 g/mol. The van der Waals surface area contributed by atoms with E-state index in [2.05, 4.69) is 5.32 Å². The van der Waals surface area contributed by atoms with Crippen LogP contribution in [0.5, 0.6) is 0 Å². The molecule has 1 nitrogen and oxygen atoms in total. The predicted octanol–water partition coefficient (Wildman–Crippen LogP) is 0.614. The van der Waals surface area contributed by atoms with Crippen LogP contribution in [0.3, 0.4) is 0 Å². The number of hydrogen-bond acceptors (Lipinski definition) is 1. The first-order chi connectivity index (χ1) is 3.95. The molecule has 3 aliphatic carbocycles. The summed E-state index contributed by atoms with van der Waals surface area (Å²) in [5, 5.41) is 3.56. The lowest BCUT2D eigenvalue weighted by molar-refractivity contribution is 0.227. The van der Waals surface area contributed by atoms with Crippen LogP contribution < -0.4 is 5.32 Å². The van der Waals surface area contributed by atoms with Gasteiger partial charge in [0, 0.05) is 6.04 Å². The van der Waals surface area contributed by atoms with Gasteiger partial charge in [0.1, 0.15) is 0 Å². The highest BCUT2D eigenvalue weighted by Gasteiger charge is 2.56. The highest BCUT2D eigenvalue weighted by atomic mass is 15.0. The van der Waals surface area contributed by atoms with Gasteiger partial charge >= 0.3 is 0 Å². The molecule has 3 saturated carbocycles. The van der Waals surface area contributed by atoms with Crippen LogP contribution in [0.2, 0.25) is 0 Å². The Labute approximate surface area is 49.5 Å². The molecule has 1 aliphatic heterocycles. The van der Waals surface area contributed by atoms with Crippen molar-refractivity contribution in [2.45, 2.75) is 18.9 Å². The first kappa shape index (κ1) is 3.89. The molecule has 44 valence electrons. The van der Waals surface area contributed by atoms with E-state index in [9.17, 15) is 0 Å². The maximum atomic E-state index is 3.56. The zero-order valence-electron chi connectivity index (χ0n) is 4.93. The third-order valence-corrected chi connectivity index (χ3v) is 3.37. The van der Waals surface area contributed by atoms with Crippen LogP contribution >= 0.6 is 0 Å². The van der Waals surface area contributed by atoms with Gasteiger partial charge in [-0.1, -0.05) is 0 Å². The SMILES string of the molecule is C1NC2C3CC1C2C3. The highest BCUT2D eigenvalue weighted by molar-refractivity contribution is 5.10. The monoisotopic (exact) mass is 109 g/mol. The molecule has 4 atom stereocenters. The van der Waals surface area contributed by atoms with E-state index >= 15 is 0 Å². The molecular formula is C7H11N. The molecule has 0 aromatic heterocycles. The van der Waals surface area contributed by atoms with Crippen LogP contribution in [-0.2, 0) is 0 Å². The molecule has 1 saturated heterocycles. The Morgan fingerprint density at radius 1 is 1.12 bits per heavy atom. The minimum atomic E-state index is 0.986. The van der Waals surface area contributed by atoms with Gasteiger partial charge in [0.15, 0.2) is 0 Å². The molecule has 4 fully saturated rings. The van der Waals surface area contributed by atoms with Crippen molar-refractivity contribution in [2.75, 3.05) is 6.54 Å². The van der Waals surface area contributed by atoms with Gasteiger partial charge in [-0.2, -0.15) is 0 Å². The molecule has 4 unspecified atom stereocenters. The molecule has 8 heavy (non-hydrogen) atoms. The summed E-state index contributed by atoms with van der Waals surface area (Å²) < 4.78 is 0. The zero-order valence-corrected chi connectivity index (χ0v) is 4.93.